The first-order valence-corrected chi connectivity index (χ1v) is 10.3. The standard InChI is InChI=1S/C20H18N4O2S2/c1-13-4-3-5-17(10-13)26-14(2)18(25)22-19-23-24-20(28-19)27-12-16-8-6-15(11-21)7-9-16/h3-10,14H,12H2,1-2H3,(H,22,23,25). The number of carbonyl (C=O) groups excluding carboxylic acids is 1. The van der Waals surface area contributed by atoms with Crippen LogP contribution in [0.25, 0.3) is 0 Å². The van der Waals surface area contributed by atoms with Crippen molar-refractivity contribution >= 4 is 34.1 Å². The molecule has 1 N–H and O–H groups in total. The number of amides is 1. The molecule has 6 nitrogen and oxygen atoms in total. The lowest BCUT2D eigenvalue weighted by Gasteiger charge is -2.13. The number of nitrogens with zero attached hydrogens (tertiary/aromatic N) is 3. The molecule has 2 aromatic carbocycles. The number of hydrogen-bond donors (Lipinski definition) is 1. The molecule has 0 aliphatic heterocycles. The Morgan fingerprint density at radius 2 is 2.07 bits per heavy atom. The minimum absolute atomic E-state index is 0.277. The number of aromatic nitrogens is 2. The monoisotopic (exact) mass is 410 g/mol. The molecule has 3 rings (SSSR count). The number of ether oxygens (including phenoxy) is 1. The number of aryl methyl sites for hydroxylation is 1. The first kappa shape index (κ1) is 19.9. The van der Waals surface area contributed by atoms with Crippen LogP contribution >= 0.6 is 23.1 Å². The molecule has 0 bridgehead atoms. The van der Waals surface area contributed by atoms with Gasteiger partial charge in [-0.3, -0.25) is 10.1 Å². The molecule has 8 heteroatoms. The normalized spacial score (nSPS) is 11.5. The van der Waals surface area contributed by atoms with E-state index in [0.29, 0.717) is 22.2 Å². The molecule has 28 heavy (non-hydrogen) atoms. The number of anilines is 1. The first-order valence-electron chi connectivity index (χ1n) is 8.53. The van der Waals surface area contributed by atoms with Crippen molar-refractivity contribution < 1.29 is 9.53 Å². The third-order valence-corrected chi connectivity index (χ3v) is 5.80. The van der Waals surface area contributed by atoms with Crippen LogP contribution in [0.3, 0.4) is 0 Å². The topological polar surface area (TPSA) is 87.9 Å². The molecule has 1 heterocycles. The lowest BCUT2D eigenvalue weighted by atomic mass is 10.2. The zero-order chi connectivity index (χ0) is 19.9. The Bertz CT molecular complexity index is 996. The van der Waals surface area contributed by atoms with Gasteiger partial charge in [-0.05, 0) is 49.2 Å². The second-order valence-corrected chi connectivity index (χ2v) is 8.24. The van der Waals surface area contributed by atoms with Gasteiger partial charge in [0.25, 0.3) is 5.91 Å². The van der Waals surface area contributed by atoms with E-state index >= 15 is 0 Å². The van der Waals surface area contributed by atoms with Crippen LogP contribution in [0.1, 0.15) is 23.6 Å². The molecule has 0 fully saturated rings. The molecular formula is C20H18N4O2S2. The summed E-state index contributed by atoms with van der Waals surface area (Å²) in [4.78, 5) is 12.3. The van der Waals surface area contributed by atoms with E-state index in [2.05, 4.69) is 21.6 Å². The summed E-state index contributed by atoms with van der Waals surface area (Å²) in [7, 11) is 0. The van der Waals surface area contributed by atoms with Crippen LogP contribution in [0, 0.1) is 18.3 Å². The van der Waals surface area contributed by atoms with Crippen molar-refractivity contribution in [3.63, 3.8) is 0 Å². The Hall–Kier alpha value is -2.89. The summed E-state index contributed by atoms with van der Waals surface area (Å²) < 4.78 is 6.43. The van der Waals surface area contributed by atoms with Gasteiger partial charge in [0.15, 0.2) is 10.4 Å². The highest BCUT2D eigenvalue weighted by Crippen LogP contribution is 2.28. The average Bonchev–Trinajstić information content (AvgIpc) is 3.14. The third-order valence-electron chi connectivity index (χ3n) is 3.75. The fourth-order valence-corrected chi connectivity index (χ4v) is 4.00. The quantitative estimate of drug-likeness (QED) is 0.458. The average molecular weight is 411 g/mol. The van der Waals surface area contributed by atoms with Crippen LogP contribution in [0.2, 0.25) is 0 Å². The molecule has 0 radical (unpaired) electrons. The van der Waals surface area contributed by atoms with Gasteiger partial charge in [-0.15, -0.1) is 10.2 Å². The van der Waals surface area contributed by atoms with Crippen LogP contribution in [0.5, 0.6) is 5.75 Å². The molecule has 142 valence electrons. The van der Waals surface area contributed by atoms with E-state index in [-0.39, 0.29) is 5.91 Å². The molecule has 0 spiro atoms. The number of nitrogens with one attached hydrogen (secondary N) is 1. The highest BCUT2D eigenvalue weighted by Gasteiger charge is 2.17. The number of carbonyl (C=O) groups is 1. The van der Waals surface area contributed by atoms with Crippen molar-refractivity contribution in [3.05, 3.63) is 65.2 Å². The second-order valence-electron chi connectivity index (χ2n) is 6.04. The Kier molecular flexibility index (Phi) is 6.63. The predicted molar refractivity (Wildman–Crippen MR) is 111 cm³/mol. The van der Waals surface area contributed by atoms with E-state index in [4.69, 9.17) is 10.00 Å². The van der Waals surface area contributed by atoms with Gasteiger partial charge in [-0.25, -0.2) is 0 Å². The molecule has 0 saturated heterocycles. The molecule has 0 aliphatic carbocycles. The number of hydrogen-bond acceptors (Lipinski definition) is 7. The zero-order valence-corrected chi connectivity index (χ0v) is 17.0. The van der Waals surface area contributed by atoms with Crippen LogP contribution in [-0.4, -0.2) is 22.2 Å². The van der Waals surface area contributed by atoms with Crippen molar-refractivity contribution in [2.75, 3.05) is 5.32 Å². The molecule has 1 atom stereocenters. The van der Waals surface area contributed by atoms with E-state index in [0.717, 1.165) is 15.5 Å². The SMILES string of the molecule is Cc1cccc(OC(C)C(=O)Nc2nnc(SCc3ccc(C#N)cc3)s2)c1. The number of benzene rings is 2. The third kappa shape index (κ3) is 5.55. The summed E-state index contributed by atoms with van der Waals surface area (Å²) in [6, 6.07) is 17.1. The molecule has 3 aromatic rings. The Morgan fingerprint density at radius 3 is 2.79 bits per heavy atom. The maximum Gasteiger partial charge on any atom is 0.266 e. The minimum Gasteiger partial charge on any atom is -0.481 e. The van der Waals surface area contributed by atoms with Gasteiger partial charge in [0, 0.05) is 5.75 Å². The van der Waals surface area contributed by atoms with Gasteiger partial charge in [0.1, 0.15) is 5.75 Å². The van der Waals surface area contributed by atoms with Crippen molar-refractivity contribution in [1.82, 2.24) is 10.2 Å². The maximum absolute atomic E-state index is 12.3. The summed E-state index contributed by atoms with van der Waals surface area (Å²) >= 11 is 2.84. The fourth-order valence-electron chi connectivity index (χ4n) is 2.29. The molecular weight excluding hydrogens is 392 g/mol. The second kappa shape index (κ2) is 9.35. The lowest BCUT2D eigenvalue weighted by molar-refractivity contribution is -0.122. The van der Waals surface area contributed by atoms with Crippen LogP contribution in [0.4, 0.5) is 5.13 Å². The van der Waals surface area contributed by atoms with E-state index in [1.54, 1.807) is 19.1 Å². The highest BCUT2D eigenvalue weighted by atomic mass is 32.2. The van der Waals surface area contributed by atoms with E-state index in [9.17, 15) is 4.79 Å². The number of thioether (sulfide) groups is 1. The maximum atomic E-state index is 12.3. The molecule has 1 unspecified atom stereocenters. The Labute approximate surface area is 171 Å². The Morgan fingerprint density at radius 1 is 1.29 bits per heavy atom. The molecule has 1 amide bonds. The van der Waals surface area contributed by atoms with Crippen LogP contribution < -0.4 is 10.1 Å². The summed E-state index contributed by atoms with van der Waals surface area (Å²) in [6.45, 7) is 3.66. The lowest BCUT2D eigenvalue weighted by Crippen LogP contribution is -2.30. The summed E-state index contributed by atoms with van der Waals surface area (Å²) in [6.07, 6.45) is -0.652. The minimum atomic E-state index is -0.652. The van der Waals surface area contributed by atoms with Crippen LogP contribution in [-0.2, 0) is 10.5 Å². The largest absolute Gasteiger partial charge is 0.481 e. The van der Waals surface area contributed by atoms with E-state index < -0.39 is 6.10 Å². The van der Waals surface area contributed by atoms with Crippen molar-refractivity contribution in [2.24, 2.45) is 0 Å². The van der Waals surface area contributed by atoms with Gasteiger partial charge < -0.3 is 4.74 Å². The van der Waals surface area contributed by atoms with Gasteiger partial charge >= 0.3 is 0 Å². The number of rotatable bonds is 7. The summed E-state index contributed by atoms with van der Waals surface area (Å²) in [5.74, 6) is 1.08. The van der Waals surface area contributed by atoms with Gasteiger partial charge in [-0.1, -0.05) is 47.4 Å². The van der Waals surface area contributed by atoms with Crippen molar-refractivity contribution in [3.8, 4) is 11.8 Å². The van der Waals surface area contributed by atoms with Gasteiger partial charge in [0.2, 0.25) is 5.13 Å². The summed E-state index contributed by atoms with van der Waals surface area (Å²) in [5, 5.41) is 20.1. The van der Waals surface area contributed by atoms with Crippen molar-refractivity contribution in [2.45, 2.75) is 30.0 Å². The predicted octanol–water partition coefficient (Wildman–Crippen LogP) is 4.42. The smallest absolute Gasteiger partial charge is 0.266 e. The van der Waals surface area contributed by atoms with Gasteiger partial charge in [-0.2, -0.15) is 5.26 Å². The van der Waals surface area contributed by atoms with Gasteiger partial charge in [0.05, 0.1) is 11.6 Å². The molecule has 1 aromatic heterocycles. The molecule has 0 saturated carbocycles. The first-order chi connectivity index (χ1) is 13.5. The van der Waals surface area contributed by atoms with Crippen LogP contribution in [0.15, 0.2) is 52.9 Å². The van der Waals surface area contributed by atoms with E-state index in [1.165, 1.54) is 23.1 Å². The molecule has 0 aliphatic rings. The number of nitriles is 1. The zero-order valence-electron chi connectivity index (χ0n) is 15.4. The fraction of sp³-hybridized carbons (Fsp3) is 0.200. The Balaban J connectivity index is 1.51. The van der Waals surface area contributed by atoms with E-state index in [1.807, 2.05) is 43.3 Å². The highest BCUT2D eigenvalue weighted by molar-refractivity contribution is 8.00. The van der Waals surface area contributed by atoms with Crippen molar-refractivity contribution in [1.29, 1.82) is 5.26 Å². The summed E-state index contributed by atoms with van der Waals surface area (Å²) in [5.41, 5.74) is 2.79.